The fourth-order valence-corrected chi connectivity index (χ4v) is 1.11. The molecule has 0 radical (unpaired) electrons. The molecule has 5 nitrogen and oxygen atoms in total. The minimum atomic E-state index is 0.528. The van der Waals surface area contributed by atoms with E-state index in [1.807, 2.05) is 25.9 Å². The summed E-state index contributed by atoms with van der Waals surface area (Å²) in [6.45, 7) is 5.38. The third-order valence-corrected chi connectivity index (χ3v) is 1.70. The van der Waals surface area contributed by atoms with Gasteiger partial charge in [0.2, 0.25) is 0 Å². The average molecular weight is 193 g/mol. The van der Waals surface area contributed by atoms with Crippen molar-refractivity contribution in [2.75, 3.05) is 30.0 Å². The molecule has 0 bridgehead atoms. The van der Waals surface area contributed by atoms with Crippen LogP contribution in [-0.2, 0) is 0 Å². The number of aryl methyl sites for hydroxylation is 1. The van der Waals surface area contributed by atoms with Crippen LogP contribution >= 0.6 is 0 Å². The lowest BCUT2D eigenvalue weighted by Crippen LogP contribution is -2.15. The zero-order chi connectivity index (χ0) is 10.7. The van der Waals surface area contributed by atoms with Crippen molar-refractivity contribution in [1.82, 2.24) is 9.97 Å². The number of rotatable bonds is 3. The molecular weight excluding hydrogens is 178 g/mol. The van der Waals surface area contributed by atoms with Crippen molar-refractivity contribution in [2.24, 2.45) is 0 Å². The zero-order valence-corrected chi connectivity index (χ0v) is 8.70. The normalized spacial score (nSPS) is 9.64. The molecule has 0 fully saturated rings. The minimum Gasteiger partial charge on any atom is -0.393 e. The molecule has 14 heavy (non-hydrogen) atoms. The average Bonchev–Trinajstić information content (AvgIpc) is 2.10. The molecule has 0 unspecified atom stereocenters. The Morgan fingerprint density at radius 3 is 2.57 bits per heavy atom. The van der Waals surface area contributed by atoms with Crippen LogP contribution < -0.4 is 16.0 Å². The van der Waals surface area contributed by atoms with E-state index in [9.17, 15) is 0 Å². The van der Waals surface area contributed by atoms with Crippen LogP contribution in [-0.4, -0.2) is 24.1 Å². The maximum atomic E-state index is 5.86. The van der Waals surface area contributed by atoms with Crippen molar-refractivity contribution in [2.45, 2.75) is 6.92 Å². The van der Waals surface area contributed by atoms with Crippen LogP contribution in [0.4, 0.5) is 17.3 Å². The lowest BCUT2D eigenvalue weighted by atomic mass is 10.4. The molecule has 0 saturated carbocycles. The van der Waals surface area contributed by atoms with Crippen molar-refractivity contribution >= 4 is 17.3 Å². The molecule has 0 aliphatic rings. The first-order chi connectivity index (χ1) is 6.56. The zero-order valence-electron chi connectivity index (χ0n) is 8.70. The summed E-state index contributed by atoms with van der Waals surface area (Å²) in [6, 6.07) is 0. The largest absolute Gasteiger partial charge is 0.393 e. The van der Waals surface area contributed by atoms with Gasteiger partial charge in [0.05, 0.1) is 0 Å². The summed E-state index contributed by atoms with van der Waals surface area (Å²) < 4.78 is 0. The second-order valence-corrected chi connectivity index (χ2v) is 3.10. The summed E-state index contributed by atoms with van der Waals surface area (Å²) in [6.07, 6.45) is 1.54. The summed E-state index contributed by atoms with van der Waals surface area (Å²) in [7, 11) is 3.77. The van der Waals surface area contributed by atoms with E-state index in [1.165, 1.54) is 6.20 Å². The molecule has 0 amide bonds. The first-order valence-electron chi connectivity index (χ1n) is 4.25. The van der Waals surface area contributed by atoms with Gasteiger partial charge in [0.25, 0.3) is 0 Å². The highest BCUT2D eigenvalue weighted by Gasteiger charge is 2.10. The Morgan fingerprint density at radius 2 is 2.07 bits per heavy atom. The number of aromatic nitrogens is 2. The predicted octanol–water partition coefficient (Wildman–Crippen LogP) is 0.989. The van der Waals surface area contributed by atoms with E-state index in [0.29, 0.717) is 23.1 Å². The molecule has 0 saturated heterocycles. The number of nitrogens with two attached hydrogens (primary N) is 1. The summed E-state index contributed by atoms with van der Waals surface area (Å²) in [4.78, 5) is 10.2. The molecule has 3 N–H and O–H groups in total. The smallest absolute Gasteiger partial charge is 0.159 e. The van der Waals surface area contributed by atoms with E-state index < -0.39 is 0 Å². The van der Waals surface area contributed by atoms with Gasteiger partial charge >= 0.3 is 0 Å². The Balaban J connectivity index is 3.24. The van der Waals surface area contributed by atoms with Crippen molar-refractivity contribution in [3.8, 4) is 0 Å². The first-order valence-corrected chi connectivity index (χ1v) is 4.25. The Bertz CT molecular complexity index is 345. The highest BCUT2D eigenvalue weighted by atomic mass is 15.2. The van der Waals surface area contributed by atoms with Crippen LogP contribution in [0.25, 0.3) is 0 Å². The highest BCUT2D eigenvalue weighted by Crippen LogP contribution is 2.25. The van der Waals surface area contributed by atoms with Gasteiger partial charge in [-0.25, -0.2) is 9.97 Å². The molecule has 0 aliphatic heterocycles. The van der Waals surface area contributed by atoms with E-state index in [2.05, 4.69) is 21.9 Å². The summed E-state index contributed by atoms with van der Waals surface area (Å²) in [5.41, 5.74) is 6.39. The number of hydrogen-bond donors (Lipinski definition) is 2. The van der Waals surface area contributed by atoms with Crippen LogP contribution in [0.15, 0.2) is 12.8 Å². The van der Waals surface area contributed by atoms with E-state index >= 15 is 0 Å². The number of anilines is 3. The van der Waals surface area contributed by atoms with Crippen LogP contribution in [0.1, 0.15) is 5.82 Å². The second kappa shape index (κ2) is 3.95. The first kappa shape index (κ1) is 10.3. The molecule has 76 valence electrons. The molecule has 1 aromatic heterocycles. The van der Waals surface area contributed by atoms with Gasteiger partial charge < -0.3 is 16.0 Å². The Labute approximate surface area is 83.7 Å². The van der Waals surface area contributed by atoms with Crippen LogP contribution in [0.5, 0.6) is 0 Å². The van der Waals surface area contributed by atoms with Gasteiger partial charge in [-0.3, -0.25) is 0 Å². The van der Waals surface area contributed by atoms with Crippen LogP contribution in [0.3, 0.4) is 0 Å². The Kier molecular flexibility index (Phi) is 2.91. The third-order valence-electron chi connectivity index (χ3n) is 1.70. The quantitative estimate of drug-likeness (QED) is 0.749. The van der Waals surface area contributed by atoms with Crippen molar-refractivity contribution < 1.29 is 0 Å². The Hall–Kier alpha value is -1.78. The van der Waals surface area contributed by atoms with Gasteiger partial charge in [-0.2, -0.15) is 0 Å². The molecule has 0 atom stereocenters. The summed E-state index contributed by atoms with van der Waals surface area (Å²) in [5.74, 6) is 1.98. The van der Waals surface area contributed by atoms with E-state index in [-0.39, 0.29) is 0 Å². The third kappa shape index (κ3) is 1.93. The van der Waals surface area contributed by atoms with Crippen molar-refractivity contribution in [1.29, 1.82) is 0 Å². The van der Waals surface area contributed by atoms with Crippen LogP contribution in [0.2, 0.25) is 0 Å². The fraction of sp³-hybridized carbons (Fsp3) is 0.333. The standard InChI is InChI=1S/C9H15N5/c1-5-11-8-7(10)9(14(3)4)13-6(2)12-8/h5H,1,10H2,2-4H3,(H,11,12,13). The summed E-state index contributed by atoms with van der Waals surface area (Å²) in [5, 5.41) is 2.87. The monoisotopic (exact) mass is 193 g/mol. The molecule has 0 aliphatic carbocycles. The maximum absolute atomic E-state index is 5.86. The number of hydrogen-bond acceptors (Lipinski definition) is 5. The topological polar surface area (TPSA) is 67.1 Å². The van der Waals surface area contributed by atoms with Gasteiger partial charge in [0.15, 0.2) is 11.6 Å². The van der Waals surface area contributed by atoms with Gasteiger partial charge in [-0.15, -0.1) is 0 Å². The fourth-order valence-electron chi connectivity index (χ4n) is 1.11. The molecular formula is C9H15N5. The number of nitrogen functional groups attached to an aromatic ring is 1. The minimum absolute atomic E-state index is 0.528. The molecule has 5 heteroatoms. The van der Waals surface area contributed by atoms with E-state index in [1.54, 1.807) is 0 Å². The molecule has 1 aromatic rings. The molecule has 0 spiro atoms. The van der Waals surface area contributed by atoms with Gasteiger partial charge in [0, 0.05) is 14.1 Å². The predicted molar refractivity (Wildman–Crippen MR) is 59.3 cm³/mol. The van der Waals surface area contributed by atoms with Gasteiger partial charge in [0.1, 0.15) is 11.5 Å². The lowest BCUT2D eigenvalue weighted by molar-refractivity contribution is 0.995. The molecule has 1 rings (SSSR count). The van der Waals surface area contributed by atoms with Crippen LogP contribution in [0, 0.1) is 6.92 Å². The summed E-state index contributed by atoms with van der Waals surface area (Å²) >= 11 is 0. The van der Waals surface area contributed by atoms with E-state index in [4.69, 9.17) is 5.73 Å². The van der Waals surface area contributed by atoms with Gasteiger partial charge in [-0.1, -0.05) is 6.58 Å². The van der Waals surface area contributed by atoms with Crippen molar-refractivity contribution in [3.05, 3.63) is 18.6 Å². The molecule has 0 aromatic carbocycles. The SMILES string of the molecule is C=CNc1nc(C)nc(N(C)C)c1N. The Morgan fingerprint density at radius 1 is 1.43 bits per heavy atom. The maximum Gasteiger partial charge on any atom is 0.159 e. The van der Waals surface area contributed by atoms with E-state index in [0.717, 1.165) is 0 Å². The highest BCUT2D eigenvalue weighted by molar-refractivity contribution is 5.75. The lowest BCUT2D eigenvalue weighted by Gasteiger charge is -2.16. The number of nitrogens with zero attached hydrogens (tertiary/aromatic N) is 3. The second-order valence-electron chi connectivity index (χ2n) is 3.10. The molecule has 1 heterocycles. The number of nitrogens with one attached hydrogen (secondary N) is 1. The van der Waals surface area contributed by atoms with Gasteiger partial charge in [-0.05, 0) is 13.1 Å². The van der Waals surface area contributed by atoms with Crippen molar-refractivity contribution in [3.63, 3.8) is 0 Å².